The molecule has 1 amide bonds. The average Bonchev–Trinajstić information content (AvgIpc) is 3.09. The average molecular weight is 349 g/mol. The second kappa shape index (κ2) is 7.62. The predicted octanol–water partition coefficient (Wildman–Crippen LogP) is 1.72. The van der Waals surface area contributed by atoms with Crippen molar-refractivity contribution in [1.82, 2.24) is 4.90 Å². The first-order chi connectivity index (χ1) is 12.1. The maximum atomic E-state index is 12.6. The number of aryl methyl sites for hydroxylation is 1. The largest absolute Gasteiger partial charge is 0.454 e. The van der Waals surface area contributed by atoms with Gasteiger partial charge in [0.25, 0.3) is 0 Å². The molecule has 3 rings (SSSR count). The van der Waals surface area contributed by atoms with E-state index in [2.05, 4.69) is 0 Å². The normalized spacial score (nSPS) is 25.2. The zero-order valence-electron chi connectivity index (χ0n) is 14.7. The van der Waals surface area contributed by atoms with Crippen molar-refractivity contribution in [1.29, 1.82) is 0 Å². The van der Waals surface area contributed by atoms with Gasteiger partial charge in [0.15, 0.2) is 11.5 Å². The Morgan fingerprint density at radius 1 is 1.36 bits per heavy atom. The Kier molecular flexibility index (Phi) is 5.49. The Labute approximate surface area is 148 Å². The highest BCUT2D eigenvalue weighted by atomic mass is 16.7. The number of piperidine rings is 1. The number of likely N-dealkylation sites (tertiary alicyclic amines) is 1. The molecule has 2 aliphatic heterocycles. The van der Waals surface area contributed by atoms with Crippen LogP contribution in [0.4, 0.5) is 0 Å². The lowest BCUT2D eigenvalue weighted by molar-refractivity contribution is -0.142. The lowest BCUT2D eigenvalue weighted by Crippen LogP contribution is -2.55. The summed E-state index contributed by atoms with van der Waals surface area (Å²) in [6.07, 6.45) is 2.61. The molecule has 0 saturated carbocycles. The summed E-state index contributed by atoms with van der Waals surface area (Å²) < 4.78 is 10.7. The van der Waals surface area contributed by atoms with Crippen LogP contribution in [0, 0.1) is 5.41 Å². The minimum atomic E-state index is -0.582. The Morgan fingerprint density at radius 2 is 2.16 bits per heavy atom. The molecule has 1 aromatic carbocycles. The molecule has 0 aliphatic carbocycles. The number of amides is 1. The fraction of sp³-hybridized carbons (Fsp3) is 0.632. The van der Waals surface area contributed by atoms with Crippen LogP contribution >= 0.6 is 0 Å². The van der Waals surface area contributed by atoms with Crippen LogP contribution in [0.15, 0.2) is 18.2 Å². The zero-order chi connectivity index (χ0) is 17.9. The predicted molar refractivity (Wildman–Crippen MR) is 92.5 cm³/mol. The molecule has 2 aliphatic rings. The van der Waals surface area contributed by atoms with Gasteiger partial charge in [-0.05, 0) is 37.0 Å². The van der Waals surface area contributed by atoms with E-state index in [4.69, 9.17) is 9.47 Å². The minimum Gasteiger partial charge on any atom is -0.454 e. The third kappa shape index (κ3) is 3.75. The summed E-state index contributed by atoms with van der Waals surface area (Å²) in [5.74, 6) is 1.54. The van der Waals surface area contributed by atoms with Crippen molar-refractivity contribution in [2.45, 2.75) is 45.1 Å². The van der Waals surface area contributed by atoms with Crippen LogP contribution in [0.5, 0.6) is 11.5 Å². The molecule has 138 valence electrons. The standard InChI is InChI=1S/C19H27NO5/c1-2-8-19(12-21)11-20(9-7-17(19)22)18(23)6-4-14-3-5-15-16(10-14)25-13-24-15/h3,5,10,17,21-22H,2,4,6-9,11-13H2,1H3/t17-,19-/m0/s1. The zero-order valence-corrected chi connectivity index (χ0v) is 14.7. The van der Waals surface area contributed by atoms with Gasteiger partial charge < -0.3 is 24.6 Å². The number of aliphatic hydroxyl groups is 2. The number of hydrogen-bond donors (Lipinski definition) is 2. The summed E-state index contributed by atoms with van der Waals surface area (Å²) in [4.78, 5) is 14.4. The fourth-order valence-corrected chi connectivity index (χ4v) is 3.85. The number of nitrogens with zero attached hydrogens (tertiary/aromatic N) is 1. The van der Waals surface area contributed by atoms with Crippen molar-refractivity contribution < 1.29 is 24.5 Å². The van der Waals surface area contributed by atoms with Crippen LogP contribution in [0.2, 0.25) is 0 Å². The van der Waals surface area contributed by atoms with Crippen LogP contribution in [0.25, 0.3) is 0 Å². The molecule has 2 heterocycles. The second-order valence-electron chi connectivity index (χ2n) is 7.08. The van der Waals surface area contributed by atoms with Gasteiger partial charge in [-0.1, -0.05) is 19.4 Å². The van der Waals surface area contributed by atoms with Crippen LogP contribution in [0.3, 0.4) is 0 Å². The molecule has 0 spiro atoms. The second-order valence-corrected chi connectivity index (χ2v) is 7.08. The van der Waals surface area contributed by atoms with E-state index in [1.807, 2.05) is 25.1 Å². The summed E-state index contributed by atoms with van der Waals surface area (Å²) in [5.41, 5.74) is 0.457. The lowest BCUT2D eigenvalue weighted by atomic mass is 9.74. The molecule has 1 saturated heterocycles. The first-order valence-electron chi connectivity index (χ1n) is 9.03. The molecule has 25 heavy (non-hydrogen) atoms. The third-order valence-electron chi connectivity index (χ3n) is 5.37. The summed E-state index contributed by atoms with van der Waals surface area (Å²) in [5, 5.41) is 20.1. The molecule has 1 aromatic rings. The van der Waals surface area contributed by atoms with Gasteiger partial charge >= 0.3 is 0 Å². The molecular weight excluding hydrogens is 322 g/mol. The molecule has 0 radical (unpaired) electrons. The van der Waals surface area contributed by atoms with E-state index in [1.165, 1.54) is 0 Å². The Bertz CT molecular complexity index is 620. The molecule has 0 bridgehead atoms. The number of carbonyl (C=O) groups excluding carboxylic acids is 1. The van der Waals surface area contributed by atoms with Gasteiger partial charge in [-0.25, -0.2) is 0 Å². The monoisotopic (exact) mass is 349 g/mol. The van der Waals surface area contributed by atoms with Gasteiger partial charge in [0.1, 0.15) is 0 Å². The maximum absolute atomic E-state index is 12.6. The van der Waals surface area contributed by atoms with E-state index in [9.17, 15) is 15.0 Å². The van der Waals surface area contributed by atoms with E-state index in [-0.39, 0.29) is 19.3 Å². The van der Waals surface area contributed by atoms with Crippen molar-refractivity contribution in [3.8, 4) is 11.5 Å². The summed E-state index contributed by atoms with van der Waals surface area (Å²) in [7, 11) is 0. The van der Waals surface area contributed by atoms with E-state index in [1.54, 1.807) is 4.90 Å². The summed E-state index contributed by atoms with van der Waals surface area (Å²) in [6.45, 7) is 3.16. The SMILES string of the molecule is CCC[C@@]1(CO)CN(C(=O)CCc2ccc3c(c2)OCO3)CC[C@@H]1O. The number of ether oxygens (including phenoxy) is 2. The molecular formula is C19H27NO5. The number of rotatable bonds is 6. The van der Waals surface area contributed by atoms with Gasteiger partial charge in [-0.3, -0.25) is 4.79 Å². The van der Waals surface area contributed by atoms with Crippen LogP contribution in [-0.2, 0) is 11.2 Å². The Balaban J connectivity index is 1.59. The topological polar surface area (TPSA) is 79.2 Å². The number of aliphatic hydroxyl groups excluding tert-OH is 2. The van der Waals surface area contributed by atoms with Crippen molar-refractivity contribution in [2.24, 2.45) is 5.41 Å². The van der Waals surface area contributed by atoms with E-state index < -0.39 is 11.5 Å². The van der Waals surface area contributed by atoms with Gasteiger partial charge in [-0.15, -0.1) is 0 Å². The molecule has 0 unspecified atom stereocenters. The van der Waals surface area contributed by atoms with Crippen molar-refractivity contribution in [3.05, 3.63) is 23.8 Å². The molecule has 2 N–H and O–H groups in total. The highest BCUT2D eigenvalue weighted by molar-refractivity contribution is 5.76. The maximum Gasteiger partial charge on any atom is 0.231 e. The lowest BCUT2D eigenvalue weighted by Gasteiger charge is -2.45. The van der Waals surface area contributed by atoms with E-state index >= 15 is 0 Å². The first kappa shape index (κ1) is 18.0. The molecule has 0 aromatic heterocycles. The smallest absolute Gasteiger partial charge is 0.231 e. The number of benzene rings is 1. The summed E-state index contributed by atoms with van der Waals surface area (Å²) in [6, 6.07) is 5.75. The molecule has 1 fully saturated rings. The fourth-order valence-electron chi connectivity index (χ4n) is 3.85. The summed E-state index contributed by atoms with van der Waals surface area (Å²) >= 11 is 0. The molecule has 2 atom stereocenters. The van der Waals surface area contributed by atoms with E-state index in [0.29, 0.717) is 32.4 Å². The Morgan fingerprint density at radius 3 is 2.92 bits per heavy atom. The highest BCUT2D eigenvalue weighted by Gasteiger charge is 2.42. The van der Waals surface area contributed by atoms with Gasteiger partial charge in [0.05, 0.1) is 12.7 Å². The van der Waals surface area contributed by atoms with Crippen molar-refractivity contribution in [2.75, 3.05) is 26.5 Å². The molecule has 6 heteroatoms. The quantitative estimate of drug-likeness (QED) is 0.817. The van der Waals surface area contributed by atoms with Gasteiger partial charge in [-0.2, -0.15) is 0 Å². The molecule has 6 nitrogen and oxygen atoms in total. The van der Waals surface area contributed by atoms with Gasteiger partial charge in [0, 0.05) is 24.9 Å². The van der Waals surface area contributed by atoms with Crippen LogP contribution < -0.4 is 9.47 Å². The highest BCUT2D eigenvalue weighted by Crippen LogP contribution is 2.35. The van der Waals surface area contributed by atoms with Crippen LogP contribution in [0.1, 0.15) is 38.2 Å². The van der Waals surface area contributed by atoms with Gasteiger partial charge in [0.2, 0.25) is 12.7 Å². The third-order valence-corrected chi connectivity index (χ3v) is 5.37. The number of hydrogen-bond acceptors (Lipinski definition) is 5. The number of fused-ring (bicyclic) bond motifs is 1. The Hall–Kier alpha value is -1.79. The van der Waals surface area contributed by atoms with Crippen molar-refractivity contribution >= 4 is 5.91 Å². The first-order valence-corrected chi connectivity index (χ1v) is 9.03. The minimum absolute atomic E-state index is 0.0681. The van der Waals surface area contributed by atoms with E-state index in [0.717, 1.165) is 29.9 Å². The number of carbonyl (C=O) groups is 1. The van der Waals surface area contributed by atoms with Crippen LogP contribution in [-0.4, -0.2) is 53.6 Å². The van der Waals surface area contributed by atoms with Crippen molar-refractivity contribution in [3.63, 3.8) is 0 Å².